The first-order valence-electron chi connectivity index (χ1n) is 10.4. The number of alkyl carbamates (subject to hydrolysis) is 1. The average molecular weight is 419 g/mol. The van der Waals surface area contributed by atoms with Crippen molar-refractivity contribution in [2.75, 3.05) is 44.6 Å². The summed E-state index contributed by atoms with van der Waals surface area (Å²) in [5.74, 6) is -0.0561. The Morgan fingerprint density at radius 2 is 1.63 bits per heavy atom. The molecule has 0 atom stereocenters. The van der Waals surface area contributed by atoms with Gasteiger partial charge in [0.1, 0.15) is 5.60 Å². The van der Waals surface area contributed by atoms with Crippen LogP contribution < -0.4 is 10.6 Å². The van der Waals surface area contributed by atoms with E-state index < -0.39 is 11.7 Å². The molecule has 0 saturated carbocycles. The van der Waals surface area contributed by atoms with Crippen LogP contribution in [0.3, 0.4) is 0 Å². The number of nitrogens with one attached hydrogen (secondary N) is 2. The zero-order valence-electron chi connectivity index (χ0n) is 18.7. The summed E-state index contributed by atoms with van der Waals surface area (Å²) in [7, 11) is 0. The van der Waals surface area contributed by atoms with Crippen molar-refractivity contribution < 1.29 is 19.1 Å². The standard InChI is InChI=1S/C22H34N4O4/c1-16-7-6-8-17(2)20(16)24-18(27)15-25-11-13-26(14-12-25)19(28)9-10-23-21(29)30-22(3,4)5/h6-8H,9-15H2,1-5H3,(H,23,29)(H,24,27). The van der Waals surface area contributed by atoms with Crippen LogP contribution in [-0.2, 0) is 14.3 Å². The lowest BCUT2D eigenvalue weighted by Gasteiger charge is -2.34. The van der Waals surface area contributed by atoms with E-state index in [2.05, 4.69) is 10.6 Å². The number of hydrogen-bond acceptors (Lipinski definition) is 5. The Morgan fingerprint density at radius 3 is 2.20 bits per heavy atom. The van der Waals surface area contributed by atoms with Crippen molar-refractivity contribution in [1.29, 1.82) is 0 Å². The van der Waals surface area contributed by atoms with Gasteiger partial charge in [-0.25, -0.2) is 4.79 Å². The van der Waals surface area contributed by atoms with Gasteiger partial charge >= 0.3 is 6.09 Å². The molecule has 0 bridgehead atoms. The SMILES string of the molecule is Cc1cccc(C)c1NC(=O)CN1CCN(C(=O)CCNC(=O)OC(C)(C)C)CC1. The fourth-order valence-corrected chi connectivity index (χ4v) is 3.29. The molecule has 2 rings (SSSR count). The zero-order chi connectivity index (χ0) is 22.3. The number of hydrogen-bond donors (Lipinski definition) is 2. The summed E-state index contributed by atoms with van der Waals surface area (Å²) in [6.07, 6.45) is -0.290. The van der Waals surface area contributed by atoms with Gasteiger partial charge in [-0.2, -0.15) is 0 Å². The van der Waals surface area contributed by atoms with Crippen molar-refractivity contribution in [3.63, 3.8) is 0 Å². The lowest BCUT2D eigenvalue weighted by molar-refractivity contribution is -0.132. The first-order chi connectivity index (χ1) is 14.0. The van der Waals surface area contributed by atoms with Gasteiger partial charge in [-0.15, -0.1) is 0 Å². The van der Waals surface area contributed by atoms with Gasteiger partial charge in [0.15, 0.2) is 0 Å². The van der Waals surface area contributed by atoms with E-state index in [1.54, 1.807) is 25.7 Å². The first-order valence-corrected chi connectivity index (χ1v) is 10.4. The molecule has 0 aromatic heterocycles. The number of carbonyl (C=O) groups is 3. The quantitative estimate of drug-likeness (QED) is 0.740. The van der Waals surface area contributed by atoms with E-state index in [1.807, 2.05) is 36.9 Å². The third-order valence-corrected chi connectivity index (χ3v) is 4.84. The van der Waals surface area contributed by atoms with Gasteiger partial charge in [-0.3, -0.25) is 14.5 Å². The molecule has 0 aliphatic carbocycles. The van der Waals surface area contributed by atoms with Crippen LogP contribution in [0.1, 0.15) is 38.3 Å². The van der Waals surface area contributed by atoms with Gasteiger partial charge in [-0.05, 0) is 45.7 Å². The Labute approximate surface area is 178 Å². The van der Waals surface area contributed by atoms with E-state index in [-0.39, 0.29) is 24.8 Å². The van der Waals surface area contributed by atoms with E-state index in [0.717, 1.165) is 16.8 Å². The van der Waals surface area contributed by atoms with Crippen LogP contribution in [0.4, 0.5) is 10.5 Å². The summed E-state index contributed by atoms with van der Waals surface area (Å²) >= 11 is 0. The molecule has 1 aromatic carbocycles. The molecule has 166 valence electrons. The highest BCUT2D eigenvalue weighted by molar-refractivity contribution is 5.93. The van der Waals surface area contributed by atoms with Gasteiger partial charge in [-0.1, -0.05) is 18.2 Å². The molecule has 1 saturated heterocycles. The van der Waals surface area contributed by atoms with Gasteiger partial charge < -0.3 is 20.3 Å². The van der Waals surface area contributed by atoms with Crippen LogP contribution in [-0.4, -0.2) is 72.6 Å². The summed E-state index contributed by atoms with van der Waals surface area (Å²) < 4.78 is 5.15. The van der Waals surface area contributed by atoms with E-state index in [0.29, 0.717) is 32.7 Å². The minimum atomic E-state index is -0.561. The lowest BCUT2D eigenvalue weighted by Crippen LogP contribution is -2.50. The van der Waals surface area contributed by atoms with Crippen molar-refractivity contribution in [3.8, 4) is 0 Å². The fourth-order valence-electron chi connectivity index (χ4n) is 3.29. The van der Waals surface area contributed by atoms with Crippen LogP contribution >= 0.6 is 0 Å². The Balaban J connectivity index is 1.69. The molecule has 0 unspecified atom stereocenters. The van der Waals surface area contributed by atoms with E-state index in [9.17, 15) is 14.4 Å². The number of ether oxygens (including phenoxy) is 1. The molecular formula is C22H34N4O4. The molecule has 3 amide bonds. The number of carbonyl (C=O) groups excluding carboxylic acids is 3. The number of nitrogens with zero attached hydrogens (tertiary/aromatic N) is 2. The first kappa shape index (κ1) is 23.7. The number of para-hydroxylation sites is 1. The smallest absolute Gasteiger partial charge is 0.407 e. The molecule has 1 heterocycles. The van der Waals surface area contributed by atoms with Crippen molar-refractivity contribution >= 4 is 23.6 Å². The number of benzene rings is 1. The van der Waals surface area contributed by atoms with Gasteiger partial charge in [0.25, 0.3) is 0 Å². The van der Waals surface area contributed by atoms with Crippen molar-refractivity contribution in [3.05, 3.63) is 29.3 Å². The minimum absolute atomic E-state index is 0.00862. The highest BCUT2D eigenvalue weighted by atomic mass is 16.6. The molecule has 1 aliphatic heterocycles. The molecular weight excluding hydrogens is 384 g/mol. The maximum atomic E-state index is 12.4. The second kappa shape index (κ2) is 10.4. The number of anilines is 1. The summed E-state index contributed by atoms with van der Waals surface area (Å²) in [5.41, 5.74) is 2.39. The van der Waals surface area contributed by atoms with Crippen molar-refractivity contribution in [1.82, 2.24) is 15.1 Å². The van der Waals surface area contributed by atoms with Crippen LogP contribution in [0, 0.1) is 13.8 Å². The predicted molar refractivity (Wildman–Crippen MR) is 116 cm³/mol. The second-order valence-corrected chi connectivity index (χ2v) is 8.65. The predicted octanol–water partition coefficient (Wildman–Crippen LogP) is 2.30. The van der Waals surface area contributed by atoms with Crippen LogP contribution in [0.25, 0.3) is 0 Å². The van der Waals surface area contributed by atoms with Gasteiger partial charge in [0, 0.05) is 44.8 Å². The van der Waals surface area contributed by atoms with Crippen LogP contribution in [0.5, 0.6) is 0 Å². The molecule has 1 fully saturated rings. The monoisotopic (exact) mass is 418 g/mol. The fraction of sp³-hybridized carbons (Fsp3) is 0.591. The molecule has 2 N–H and O–H groups in total. The molecule has 0 spiro atoms. The van der Waals surface area contributed by atoms with Gasteiger partial charge in [0.05, 0.1) is 6.54 Å². The summed E-state index contributed by atoms with van der Waals surface area (Å²) in [6, 6.07) is 5.93. The van der Waals surface area contributed by atoms with Gasteiger partial charge in [0.2, 0.25) is 11.8 Å². The maximum absolute atomic E-state index is 12.4. The number of aryl methyl sites for hydroxylation is 2. The van der Waals surface area contributed by atoms with E-state index in [4.69, 9.17) is 4.74 Å². The zero-order valence-corrected chi connectivity index (χ0v) is 18.7. The minimum Gasteiger partial charge on any atom is -0.444 e. The number of piperazine rings is 1. The molecule has 0 radical (unpaired) electrons. The number of amides is 3. The normalized spacial score (nSPS) is 14.9. The van der Waals surface area contributed by atoms with Crippen LogP contribution in [0.15, 0.2) is 18.2 Å². The Kier molecular flexibility index (Phi) is 8.23. The van der Waals surface area contributed by atoms with E-state index in [1.165, 1.54) is 0 Å². The third kappa shape index (κ3) is 7.67. The van der Waals surface area contributed by atoms with E-state index >= 15 is 0 Å². The topological polar surface area (TPSA) is 91.0 Å². The Bertz CT molecular complexity index is 745. The largest absolute Gasteiger partial charge is 0.444 e. The Morgan fingerprint density at radius 1 is 1.03 bits per heavy atom. The maximum Gasteiger partial charge on any atom is 0.407 e. The van der Waals surface area contributed by atoms with Crippen molar-refractivity contribution in [2.24, 2.45) is 0 Å². The molecule has 8 nitrogen and oxygen atoms in total. The third-order valence-electron chi connectivity index (χ3n) is 4.84. The molecule has 8 heteroatoms. The summed E-state index contributed by atoms with van der Waals surface area (Å²) in [5, 5.41) is 5.61. The molecule has 1 aliphatic rings. The molecule has 30 heavy (non-hydrogen) atoms. The lowest BCUT2D eigenvalue weighted by atomic mass is 10.1. The number of rotatable bonds is 6. The summed E-state index contributed by atoms with van der Waals surface area (Å²) in [4.78, 5) is 40.2. The highest BCUT2D eigenvalue weighted by Gasteiger charge is 2.23. The average Bonchev–Trinajstić information content (AvgIpc) is 2.64. The van der Waals surface area contributed by atoms with Crippen LogP contribution in [0.2, 0.25) is 0 Å². The Hall–Kier alpha value is -2.61. The second-order valence-electron chi connectivity index (χ2n) is 8.65. The van der Waals surface area contributed by atoms with Crippen molar-refractivity contribution in [2.45, 2.75) is 46.6 Å². The summed E-state index contributed by atoms with van der Waals surface area (Å²) in [6.45, 7) is 12.3. The molecule has 1 aromatic rings. The highest BCUT2D eigenvalue weighted by Crippen LogP contribution is 2.19.